The third kappa shape index (κ3) is 1.84. The molecule has 0 amide bonds. The number of anilines is 1. The molecule has 0 fully saturated rings. The molecule has 5 heteroatoms. The molecule has 0 aliphatic heterocycles. The quantitative estimate of drug-likeness (QED) is 0.557. The van der Waals surface area contributed by atoms with E-state index in [-0.39, 0.29) is 0 Å². The molecule has 0 aliphatic carbocycles. The van der Waals surface area contributed by atoms with Gasteiger partial charge in [0.25, 0.3) is 0 Å². The molecule has 0 aliphatic rings. The summed E-state index contributed by atoms with van der Waals surface area (Å²) in [6.45, 7) is 0. The molecule has 88 valence electrons. The number of nitrogens with zero attached hydrogens (tertiary/aromatic N) is 2. The average molecular weight is 255 g/mol. The number of aromatic nitrogens is 1. The van der Waals surface area contributed by atoms with Gasteiger partial charge in [-0.05, 0) is 47.6 Å². The summed E-state index contributed by atoms with van der Waals surface area (Å²) in [7, 11) is 0. The Bertz CT molecular complexity index is 719. The van der Waals surface area contributed by atoms with Crippen molar-refractivity contribution in [1.29, 1.82) is 0 Å². The van der Waals surface area contributed by atoms with Crippen LogP contribution in [0.5, 0.6) is 0 Å². The van der Waals surface area contributed by atoms with Crippen molar-refractivity contribution in [3.63, 3.8) is 0 Å². The van der Waals surface area contributed by atoms with Gasteiger partial charge in [0, 0.05) is 11.3 Å². The summed E-state index contributed by atoms with van der Waals surface area (Å²) >= 11 is 1.53. The molecule has 2 aromatic carbocycles. The lowest BCUT2D eigenvalue weighted by atomic mass is 10.2. The fraction of sp³-hybridized carbons (Fsp3) is 0. The minimum Gasteiger partial charge on any atom is -0.399 e. The second-order valence-corrected chi connectivity index (χ2v) is 4.91. The van der Waals surface area contributed by atoms with Crippen LogP contribution in [-0.4, -0.2) is 4.98 Å². The Morgan fingerprint density at radius 1 is 1.11 bits per heavy atom. The van der Waals surface area contributed by atoms with Crippen molar-refractivity contribution < 1.29 is 0 Å². The van der Waals surface area contributed by atoms with Gasteiger partial charge in [-0.15, -0.1) is 16.2 Å². The van der Waals surface area contributed by atoms with Gasteiger partial charge in [-0.2, -0.15) is 0 Å². The minimum absolute atomic E-state index is 0.426. The fourth-order valence-electron chi connectivity index (χ4n) is 1.72. The smallest absolute Gasteiger partial charge is 0.124 e. The van der Waals surface area contributed by atoms with Crippen molar-refractivity contribution in [3.8, 4) is 10.6 Å². The molecule has 2 N–H and O–H groups in total. The normalized spacial score (nSPS) is 10.7. The largest absolute Gasteiger partial charge is 0.399 e. The van der Waals surface area contributed by atoms with E-state index in [0.717, 1.165) is 26.5 Å². The van der Waals surface area contributed by atoms with E-state index in [1.807, 2.05) is 30.3 Å². The van der Waals surface area contributed by atoms with Gasteiger partial charge in [0.05, 0.1) is 10.2 Å². The van der Waals surface area contributed by atoms with E-state index in [2.05, 4.69) is 10.2 Å². The van der Waals surface area contributed by atoms with E-state index < -0.39 is 0 Å². The predicted octanol–water partition coefficient (Wildman–Crippen LogP) is 3.94. The van der Waals surface area contributed by atoms with E-state index in [0.29, 0.717) is 5.69 Å². The summed E-state index contributed by atoms with van der Waals surface area (Å²) in [5.74, 6) is 0. The first kappa shape index (κ1) is 10.9. The Kier molecular flexibility index (Phi) is 2.53. The van der Waals surface area contributed by atoms with E-state index in [9.17, 15) is 4.91 Å². The molecule has 0 bridgehead atoms. The third-order valence-corrected chi connectivity index (χ3v) is 3.70. The monoisotopic (exact) mass is 255 g/mol. The highest BCUT2D eigenvalue weighted by Gasteiger charge is 2.06. The number of benzene rings is 2. The molecule has 0 radical (unpaired) electrons. The topological polar surface area (TPSA) is 68.3 Å². The third-order valence-electron chi connectivity index (χ3n) is 2.64. The number of hydrogen-bond acceptors (Lipinski definition) is 5. The van der Waals surface area contributed by atoms with Gasteiger partial charge in [0.15, 0.2) is 0 Å². The van der Waals surface area contributed by atoms with Crippen LogP contribution in [0.25, 0.3) is 20.8 Å². The fourth-order valence-corrected chi connectivity index (χ4v) is 2.72. The van der Waals surface area contributed by atoms with Crippen molar-refractivity contribution in [2.45, 2.75) is 0 Å². The molecule has 0 saturated carbocycles. The molecule has 1 aromatic heterocycles. The van der Waals surface area contributed by atoms with Crippen molar-refractivity contribution >= 4 is 32.9 Å². The average Bonchev–Trinajstić information content (AvgIpc) is 2.82. The van der Waals surface area contributed by atoms with Gasteiger partial charge in [0.1, 0.15) is 10.7 Å². The molecule has 1 heterocycles. The molecule has 0 saturated heterocycles. The van der Waals surface area contributed by atoms with E-state index in [1.54, 1.807) is 12.1 Å². The maximum absolute atomic E-state index is 10.5. The molecule has 0 spiro atoms. The van der Waals surface area contributed by atoms with Crippen molar-refractivity contribution in [3.05, 3.63) is 47.4 Å². The second-order valence-electron chi connectivity index (χ2n) is 3.88. The highest BCUT2D eigenvalue weighted by Crippen LogP contribution is 2.32. The van der Waals surface area contributed by atoms with Crippen LogP contribution in [-0.2, 0) is 0 Å². The lowest BCUT2D eigenvalue weighted by Gasteiger charge is -1.95. The Labute approximate surface area is 107 Å². The SMILES string of the molecule is Nc1ccc(-c2nc3ccc(N=O)cc3s2)cc1. The summed E-state index contributed by atoms with van der Waals surface area (Å²) in [4.78, 5) is 15.0. The van der Waals surface area contributed by atoms with Crippen molar-refractivity contribution in [2.75, 3.05) is 5.73 Å². The molecule has 18 heavy (non-hydrogen) atoms. The van der Waals surface area contributed by atoms with Crippen LogP contribution in [0, 0.1) is 4.91 Å². The number of nitrogens with two attached hydrogens (primary N) is 1. The Morgan fingerprint density at radius 2 is 1.89 bits per heavy atom. The second kappa shape index (κ2) is 4.19. The molecule has 3 rings (SSSR count). The number of thiazole rings is 1. The maximum Gasteiger partial charge on any atom is 0.124 e. The molecule has 0 unspecified atom stereocenters. The molecular weight excluding hydrogens is 246 g/mol. The molecular formula is C13H9N3OS. The van der Waals surface area contributed by atoms with Gasteiger partial charge >= 0.3 is 0 Å². The van der Waals surface area contributed by atoms with E-state index >= 15 is 0 Å². The van der Waals surface area contributed by atoms with Crippen LogP contribution in [0.2, 0.25) is 0 Å². The van der Waals surface area contributed by atoms with Crippen molar-refractivity contribution in [2.24, 2.45) is 5.18 Å². The standard InChI is InChI=1S/C13H9N3OS/c14-9-3-1-8(2-4-9)13-15-11-6-5-10(16-17)7-12(11)18-13/h1-7H,14H2. The van der Waals surface area contributed by atoms with Gasteiger partial charge in [-0.25, -0.2) is 4.98 Å². The van der Waals surface area contributed by atoms with Gasteiger partial charge < -0.3 is 5.73 Å². The first-order valence-electron chi connectivity index (χ1n) is 5.36. The number of rotatable bonds is 2. The van der Waals surface area contributed by atoms with Crippen molar-refractivity contribution in [1.82, 2.24) is 4.98 Å². The van der Waals surface area contributed by atoms with E-state index in [4.69, 9.17) is 5.73 Å². The highest BCUT2D eigenvalue weighted by molar-refractivity contribution is 7.21. The summed E-state index contributed by atoms with van der Waals surface area (Å²) in [6, 6.07) is 12.8. The predicted molar refractivity (Wildman–Crippen MR) is 74.9 cm³/mol. The minimum atomic E-state index is 0.426. The molecule has 0 atom stereocenters. The molecule has 3 aromatic rings. The number of nitrogen functional groups attached to an aromatic ring is 1. The summed E-state index contributed by atoms with van der Waals surface area (Å²) in [6.07, 6.45) is 0. The van der Waals surface area contributed by atoms with Crippen LogP contribution in [0.3, 0.4) is 0 Å². The Hall–Kier alpha value is -2.27. The molecule has 4 nitrogen and oxygen atoms in total. The lowest BCUT2D eigenvalue weighted by molar-refractivity contribution is 1.46. The zero-order valence-corrected chi connectivity index (χ0v) is 10.1. The number of nitroso groups, excluding NO2 is 1. The van der Waals surface area contributed by atoms with Crippen LogP contribution >= 0.6 is 11.3 Å². The maximum atomic E-state index is 10.5. The zero-order valence-electron chi connectivity index (χ0n) is 9.33. The Morgan fingerprint density at radius 3 is 2.61 bits per heavy atom. The van der Waals surface area contributed by atoms with E-state index in [1.165, 1.54) is 11.3 Å². The summed E-state index contributed by atoms with van der Waals surface area (Å²) in [5.41, 5.74) is 8.70. The number of hydrogen-bond donors (Lipinski definition) is 1. The summed E-state index contributed by atoms with van der Waals surface area (Å²) < 4.78 is 0.957. The van der Waals surface area contributed by atoms with Crippen LogP contribution in [0.4, 0.5) is 11.4 Å². The summed E-state index contributed by atoms with van der Waals surface area (Å²) in [5, 5.41) is 3.84. The van der Waals surface area contributed by atoms with Crippen LogP contribution in [0.15, 0.2) is 47.6 Å². The first-order valence-corrected chi connectivity index (χ1v) is 6.18. The highest BCUT2D eigenvalue weighted by atomic mass is 32.1. The van der Waals surface area contributed by atoms with Gasteiger partial charge in [-0.1, -0.05) is 0 Å². The number of fused-ring (bicyclic) bond motifs is 1. The zero-order chi connectivity index (χ0) is 12.5. The van der Waals surface area contributed by atoms with Crippen LogP contribution in [0.1, 0.15) is 0 Å². The first-order chi connectivity index (χ1) is 8.76. The van der Waals surface area contributed by atoms with Gasteiger partial charge in [-0.3, -0.25) is 0 Å². The lowest BCUT2D eigenvalue weighted by Crippen LogP contribution is -1.83. The van der Waals surface area contributed by atoms with Crippen LogP contribution < -0.4 is 5.73 Å². The van der Waals surface area contributed by atoms with Gasteiger partial charge in [0.2, 0.25) is 0 Å². The Balaban J connectivity index is 2.12.